The van der Waals surface area contributed by atoms with Crippen LogP contribution in [0.2, 0.25) is 0 Å². The summed E-state index contributed by atoms with van der Waals surface area (Å²) < 4.78 is 1.59. The predicted molar refractivity (Wildman–Crippen MR) is 46.4 cm³/mol. The maximum absolute atomic E-state index is 10.9. The molecule has 1 heterocycles. The monoisotopic (exact) mass is 183 g/mol. The molecular weight excluding hydrogens is 170 g/mol. The van der Waals surface area contributed by atoms with Crippen LogP contribution in [-0.4, -0.2) is 25.8 Å². The van der Waals surface area contributed by atoms with Crippen LogP contribution >= 0.6 is 0 Å². The second-order valence-electron chi connectivity index (χ2n) is 3.33. The molecule has 0 unspecified atom stereocenters. The summed E-state index contributed by atoms with van der Waals surface area (Å²) in [5, 5.41) is 12.9. The maximum Gasteiger partial charge on any atom is 0.316 e. The number of carbonyl (C=O) groups is 1. The van der Waals surface area contributed by atoms with Gasteiger partial charge in [0.05, 0.1) is 0 Å². The van der Waals surface area contributed by atoms with Crippen LogP contribution in [0.1, 0.15) is 26.6 Å². The molecule has 0 aliphatic heterocycles. The Balaban J connectivity index is 3.13. The van der Waals surface area contributed by atoms with Crippen LogP contribution in [0.5, 0.6) is 0 Å². The van der Waals surface area contributed by atoms with E-state index in [9.17, 15) is 4.79 Å². The largest absolute Gasteiger partial charge is 0.481 e. The number of hydrogen-bond donors (Lipinski definition) is 1. The lowest BCUT2D eigenvalue weighted by atomic mass is 9.93. The maximum atomic E-state index is 10.9. The van der Waals surface area contributed by atoms with Crippen LogP contribution in [0.25, 0.3) is 0 Å². The Kier molecular flexibility index (Phi) is 2.36. The fraction of sp³-hybridized carbons (Fsp3) is 0.625. The molecule has 5 heteroatoms. The first-order valence-electron chi connectivity index (χ1n) is 4.11. The molecule has 0 bridgehead atoms. The number of aliphatic carboxylic acids is 1. The average molecular weight is 183 g/mol. The number of aryl methyl sites for hydroxylation is 1. The number of carboxylic acids is 1. The number of nitrogens with zero attached hydrogens (tertiary/aromatic N) is 3. The second kappa shape index (κ2) is 3.16. The average Bonchev–Trinajstić information content (AvgIpc) is 2.51. The molecule has 0 aromatic carbocycles. The molecule has 0 fully saturated rings. The molecule has 72 valence electrons. The van der Waals surface area contributed by atoms with Gasteiger partial charge in [0.15, 0.2) is 0 Å². The van der Waals surface area contributed by atoms with Crippen LogP contribution in [-0.2, 0) is 16.8 Å². The standard InChI is InChI=1S/C8H13N3O2/c1-4-11-6(9-5-10-11)8(2,3)7(12)13/h5H,4H2,1-3H3,(H,12,13). The highest BCUT2D eigenvalue weighted by Gasteiger charge is 2.34. The summed E-state index contributed by atoms with van der Waals surface area (Å²) in [6.45, 7) is 5.76. The van der Waals surface area contributed by atoms with E-state index in [0.29, 0.717) is 12.4 Å². The molecule has 0 aliphatic carbocycles. The number of aromatic nitrogens is 3. The molecule has 1 aromatic rings. The molecule has 0 spiro atoms. The molecule has 0 saturated heterocycles. The lowest BCUT2D eigenvalue weighted by Gasteiger charge is -2.18. The summed E-state index contributed by atoms with van der Waals surface area (Å²) in [4.78, 5) is 14.9. The Labute approximate surface area is 76.4 Å². The Morgan fingerprint density at radius 2 is 2.31 bits per heavy atom. The predicted octanol–water partition coefficient (Wildman–Crippen LogP) is 0.660. The zero-order valence-electron chi connectivity index (χ0n) is 7.98. The first-order valence-corrected chi connectivity index (χ1v) is 4.11. The fourth-order valence-corrected chi connectivity index (χ4v) is 1.08. The Bertz CT molecular complexity index is 317. The smallest absolute Gasteiger partial charge is 0.316 e. The lowest BCUT2D eigenvalue weighted by Crippen LogP contribution is -2.32. The first-order chi connectivity index (χ1) is 6.00. The van der Waals surface area contributed by atoms with E-state index in [1.165, 1.54) is 6.33 Å². The van der Waals surface area contributed by atoms with Gasteiger partial charge in [-0.1, -0.05) is 0 Å². The van der Waals surface area contributed by atoms with Crippen LogP contribution in [0.3, 0.4) is 0 Å². The highest BCUT2D eigenvalue weighted by atomic mass is 16.4. The van der Waals surface area contributed by atoms with Crippen molar-refractivity contribution in [1.82, 2.24) is 14.8 Å². The van der Waals surface area contributed by atoms with Gasteiger partial charge >= 0.3 is 5.97 Å². The molecule has 0 radical (unpaired) electrons. The van der Waals surface area contributed by atoms with Gasteiger partial charge in [0.1, 0.15) is 17.6 Å². The zero-order chi connectivity index (χ0) is 10.1. The van der Waals surface area contributed by atoms with Crippen molar-refractivity contribution in [3.05, 3.63) is 12.2 Å². The second-order valence-corrected chi connectivity index (χ2v) is 3.33. The van der Waals surface area contributed by atoms with Crippen LogP contribution < -0.4 is 0 Å². The first kappa shape index (κ1) is 9.70. The minimum atomic E-state index is -0.980. The van der Waals surface area contributed by atoms with E-state index in [1.807, 2.05) is 6.92 Å². The highest BCUT2D eigenvalue weighted by Crippen LogP contribution is 2.20. The normalized spacial score (nSPS) is 11.6. The van der Waals surface area contributed by atoms with Crippen LogP contribution in [0.15, 0.2) is 6.33 Å². The minimum Gasteiger partial charge on any atom is -0.481 e. The van der Waals surface area contributed by atoms with Gasteiger partial charge in [-0.2, -0.15) is 5.10 Å². The molecular formula is C8H13N3O2. The fourth-order valence-electron chi connectivity index (χ4n) is 1.08. The van der Waals surface area contributed by atoms with Crippen molar-refractivity contribution >= 4 is 5.97 Å². The van der Waals surface area contributed by atoms with Crippen LogP contribution in [0.4, 0.5) is 0 Å². The summed E-state index contributed by atoms with van der Waals surface area (Å²) in [7, 11) is 0. The van der Waals surface area contributed by atoms with E-state index in [1.54, 1.807) is 18.5 Å². The van der Waals surface area contributed by atoms with Gasteiger partial charge in [-0.3, -0.25) is 4.79 Å². The van der Waals surface area contributed by atoms with Gasteiger partial charge in [-0.25, -0.2) is 9.67 Å². The van der Waals surface area contributed by atoms with Gasteiger partial charge in [0.2, 0.25) is 0 Å². The molecule has 1 N–H and O–H groups in total. The summed E-state index contributed by atoms with van der Waals surface area (Å²) in [5.41, 5.74) is -0.980. The van der Waals surface area contributed by atoms with Crippen molar-refractivity contribution in [1.29, 1.82) is 0 Å². The summed E-state index contributed by atoms with van der Waals surface area (Å²) >= 11 is 0. The van der Waals surface area contributed by atoms with E-state index >= 15 is 0 Å². The van der Waals surface area contributed by atoms with Crippen molar-refractivity contribution in [2.45, 2.75) is 32.7 Å². The van der Waals surface area contributed by atoms with Crippen LogP contribution in [0, 0.1) is 0 Å². The molecule has 0 aliphatic rings. The van der Waals surface area contributed by atoms with Crippen molar-refractivity contribution < 1.29 is 9.90 Å². The number of rotatable bonds is 3. The van der Waals surface area contributed by atoms with Crippen molar-refractivity contribution in [2.24, 2.45) is 0 Å². The summed E-state index contributed by atoms with van der Waals surface area (Å²) in [6.07, 6.45) is 1.38. The van der Waals surface area contributed by atoms with E-state index in [2.05, 4.69) is 10.1 Å². The van der Waals surface area contributed by atoms with Gasteiger partial charge in [-0.05, 0) is 20.8 Å². The summed E-state index contributed by atoms with van der Waals surface area (Å²) in [5.74, 6) is -0.405. The lowest BCUT2D eigenvalue weighted by molar-refractivity contribution is -0.142. The molecule has 0 atom stereocenters. The SMILES string of the molecule is CCn1ncnc1C(C)(C)C(=O)O. The van der Waals surface area contributed by atoms with E-state index in [-0.39, 0.29) is 0 Å². The van der Waals surface area contributed by atoms with Gasteiger partial charge in [0, 0.05) is 6.54 Å². The molecule has 5 nitrogen and oxygen atoms in total. The topological polar surface area (TPSA) is 68.0 Å². The van der Waals surface area contributed by atoms with Crippen molar-refractivity contribution in [3.8, 4) is 0 Å². The summed E-state index contributed by atoms with van der Waals surface area (Å²) in [6, 6.07) is 0. The molecule has 1 aromatic heterocycles. The third-order valence-corrected chi connectivity index (χ3v) is 2.01. The third-order valence-electron chi connectivity index (χ3n) is 2.01. The van der Waals surface area contributed by atoms with Gasteiger partial charge < -0.3 is 5.11 Å². The van der Waals surface area contributed by atoms with Gasteiger partial charge in [-0.15, -0.1) is 0 Å². The van der Waals surface area contributed by atoms with E-state index in [0.717, 1.165) is 0 Å². The van der Waals surface area contributed by atoms with Gasteiger partial charge in [0.25, 0.3) is 0 Å². The number of carboxylic acid groups (broad SMARTS) is 1. The molecule has 1 rings (SSSR count). The molecule has 13 heavy (non-hydrogen) atoms. The van der Waals surface area contributed by atoms with Crippen molar-refractivity contribution in [2.75, 3.05) is 0 Å². The Morgan fingerprint density at radius 3 is 2.77 bits per heavy atom. The minimum absolute atomic E-state index is 0.488. The zero-order valence-corrected chi connectivity index (χ0v) is 7.98. The van der Waals surface area contributed by atoms with E-state index in [4.69, 9.17) is 5.11 Å². The Hall–Kier alpha value is -1.39. The van der Waals surface area contributed by atoms with E-state index < -0.39 is 11.4 Å². The third kappa shape index (κ3) is 1.54. The molecule has 0 amide bonds. The Morgan fingerprint density at radius 1 is 1.69 bits per heavy atom. The molecule has 0 saturated carbocycles. The highest BCUT2D eigenvalue weighted by molar-refractivity contribution is 5.78. The number of hydrogen-bond acceptors (Lipinski definition) is 3. The quantitative estimate of drug-likeness (QED) is 0.747. The van der Waals surface area contributed by atoms with Crippen molar-refractivity contribution in [3.63, 3.8) is 0 Å².